The second-order valence-corrected chi connectivity index (χ2v) is 8.40. The van der Waals surface area contributed by atoms with Gasteiger partial charge >= 0.3 is 0 Å². The Morgan fingerprint density at radius 3 is 2.71 bits per heavy atom. The van der Waals surface area contributed by atoms with Crippen molar-refractivity contribution in [3.63, 3.8) is 0 Å². The second-order valence-electron chi connectivity index (χ2n) is 8.40. The third-order valence-electron chi connectivity index (χ3n) is 6.31. The van der Waals surface area contributed by atoms with Gasteiger partial charge in [0.25, 0.3) is 0 Å². The van der Waals surface area contributed by atoms with E-state index in [0.29, 0.717) is 29.7 Å². The molecule has 5 rings (SSSR count). The molecule has 3 fully saturated rings. The van der Waals surface area contributed by atoms with Crippen LogP contribution < -0.4 is 5.32 Å². The van der Waals surface area contributed by atoms with Crippen molar-refractivity contribution < 1.29 is 9.53 Å². The summed E-state index contributed by atoms with van der Waals surface area (Å²) in [6, 6.07) is 0.302. The Balaban J connectivity index is 1.19. The molecule has 0 unspecified atom stereocenters. The summed E-state index contributed by atoms with van der Waals surface area (Å²) >= 11 is 0. The Labute approximate surface area is 164 Å². The van der Waals surface area contributed by atoms with Gasteiger partial charge in [-0.05, 0) is 44.4 Å². The Morgan fingerprint density at radius 1 is 1.18 bits per heavy atom. The lowest BCUT2D eigenvalue weighted by Crippen LogP contribution is -2.42. The Hall–Kier alpha value is -2.22. The van der Waals surface area contributed by atoms with Crippen molar-refractivity contribution in [2.45, 2.75) is 56.9 Å². The fourth-order valence-electron chi connectivity index (χ4n) is 4.34. The van der Waals surface area contributed by atoms with Gasteiger partial charge in [-0.3, -0.25) is 9.89 Å². The molecule has 0 bridgehead atoms. The van der Waals surface area contributed by atoms with Gasteiger partial charge in [-0.25, -0.2) is 4.98 Å². The van der Waals surface area contributed by atoms with E-state index < -0.39 is 0 Å². The number of likely N-dealkylation sites (tertiary alicyclic amines) is 1. The van der Waals surface area contributed by atoms with Gasteiger partial charge in [0.1, 0.15) is 0 Å². The maximum atomic E-state index is 12.3. The minimum atomic E-state index is 0.302. The van der Waals surface area contributed by atoms with Crippen LogP contribution >= 0.6 is 0 Å². The number of hydrogen-bond donors (Lipinski definition) is 2. The van der Waals surface area contributed by atoms with Gasteiger partial charge in [-0.1, -0.05) is 0 Å². The highest BCUT2D eigenvalue weighted by molar-refractivity contribution is 5.78. The summed E-state index contributed by atoms with van der Waals surface area (Å²) in [4.78, 5) is 23.4. The van der Waals surface area contributed by atoms with Crippen LogP contribution in [0.5, 0.6) is 0 Å². The predicted molar refractivity (Wildman–Crippen MR) is 105 cm³/mol. The molecule has 8 nitrogen and oxygen atoms in total. The summed E-state index contributed by atoms with van der Waals surface area (Å²) in [5, 5.41) is 12.0. The van der Waals surface area contributed by atoms with E-state index in [0.717, 1.165) is 75.1 Å². The molecule has 1 saturated carbocycles. The number of aromatic nitrogens is 4. The van der Waals surface area contributed by atoms with E-state index in [1.165, 1.54) is 12.8 Å². The number of fused-ring (bicyclic) bond motifs is 1. The maximum absolute atomic E-state index is 12.3. The number of amides is 1. The quantitative estimate of drug-likeness (QED) is 0.822. The number of aromatic amines is 1. The molecular weight excluding hydrogens is 356 g/mol. The van der Waals surface area contributed by atoms with Gasteiger partial charge in [0.2, 0.25) is 11.9 Å². The van der Waals surface area contributed by atoms with Crippen molar-refractivity contribution in [2.24, 2.45) is 5.92 Å². The van der Waals surface area contributed by atoms with Crippen LogP contribution in [-0.2, 0) is 9.53 Å². The lowest BCUT2D eigenvalue weighted by Gasteiger charge is -2.32. The lowest BCUT2D eigenvalue weighted by atomic mass is 9.95. The first kappa shape index (κ1) is 17.8. The summed E-state index contributed by atoms with van der Waals surface area (Å²) < 4.78 is 5.46. The number of nitrogens with zero attached hydrogens (tertiary/aromatic N) is 4. The first-order valence-electron chi connectivity index (χ1n) is 10.6. The zero-order valence-corrected chi connectivity index (χ0v) is 16.2. The number of carbonyl (C=O) groups is 1. The normalized spacial score (nSPS) is 21.9. The predicted octanol–water partition coefficient (Wildman–Crippen LogP) is 2.45. The molecule has 2 aromatic rings. The number of H-pyrrole nitrogens is 1. The molecule has 0 spiro atoms. The summed E-state index contributed by atoms with van der Waals surface area (Å²) in [5.41, 5.74) is 1.85. The average Bonchev–Trinajstić information content (AvgIpc) is 3.45. The number of anilines is 1. The minimum absolute atomic E-state index is 0.302. The third kappa shape index (κ3) is 3.83. The van der Waals surface area contributed by atoms with Crippen molar-refractivity contribution in [1.29, 1.82) is 0 Å². The van der Waals surface area contributed by atoms with E-state index in [1.807, 2.05) is 11.1 Å². The van der Waals surface area contributed by atoms with Crippen LogP contribution in [0, 0.1) is 5.92 Å². The average molecular weight is 384 g/mol. The lowest BCUT2D eigenvalue weighted by molar-refractivity contribution is -0.132. The number of ether oxygens (including phenoxy) is 1. The van der Waals surface area contributed by atoms with Crippen LogP contribution in [0.4, 0.5) is 5.95 Å². The highest BCUT2D eigenvalue weighted by Gasteiger charge is 2.29. The molecule has 4 heterocycles. The molecule has 1 aliphatic carbocycles. The molecule has 0 aromatic carbocycles. The van der Waals surface area contributed by atoms with Crippen molar-refractivity contribution in [3.05, 3.63) is 11.9 Å². The molecule has 150 valence electrons. The number of carbonyl (C=O) groups excluding carboxylic acids is 1. The summed E-state index contributed by atoms with van der Waals surface area (Å²) in [6.07, 6.45) is 8.97. The molecule has 0 radical (unpaired) electrons. The molecule has 8 heteroatoms. The molecule has 2 aromatic heterocycles. The standard InChI is InChI=1S/C20H28N6O2/c27-17(11-13-1-2-13)26-7-3-15(4-8-26)22-20-21-12-16-18(24-25-19(16)23-20)14-5-9-28-10-6-14/h12-15H,1-11H2,(H2,21,22,23,24,25). The Morgan fingerprint density at radius 2 is 1.96 bits per heavy atom. The zero-order valence-electron chi connectivity index (χ0n) is 16.2. The third-order valence-corrected chi connectivity index (χ3v) is 6.31. The van der Waals surface area contributed by atoms with Gasteiger partial charge in [0.15, 0.2) is 5.65 Å². The van der Waals surface area contributed by atoms with Crippen molar-refractivity contribution in [3.8, 4) is 0 Å². The van der Waals surface area contributed by atoms with Crippen molar-refractivity contribution >= 4 is 22.9 Å². The summed E-state index contributed by atoms with van der Waals surface area (Å²) in [5.74, 6) is 2.05. The van der Waals surface area contributed by atoms with Crippen LogP contribution in [0.1, 0.15) is 56.6 Å². The topological polar surface area (TPSA) is 96.0 Å². The van der Waals surface area contributed by atoms with Gasteiger partial charge in [0.05, 0.1) is 5.39 Å². The van der Waals surface area contributed by atoms with Crippen LogP contribution in [0.3, 0.4) is 0 Å². The van der Waals surface area contributed by atoms with Gasteiger partial charge in [-0.2, -0.15) is 10.1 Å². The largest absolute Gasteiger partial charge is 0.381 e. The zero-order chi connectivity index (χ0) is 18.9. The van der Waals surface area contributed by atoms with Crippen LogP contribution in [-0.4, -0.2) is 63.3 Å². The van der Waals surface area contributed by atoms with Gasteiger partial charge in [-0.15, -0.1) is 0 Å². The second kappa shape index (κ2) is 7.66. The number of piperidine rings is 1. The minimum Gasteiger partial charge on any atom is -0.381 e. The molecule has 3 aliphatic rings. The Kier molecular flexibility index (Phi) is 4.88. The smallest absolute Gasteiger partial charge is 0.224 e. The van der Waals surface area contributed by atoms with Crippen molar-refractivity contribution in [1.82, 2.24) is 25.1 Å². The number of nitrogens with one attached hydrogen (secondary N) is 2. The van der Waals surface area contributed by atoms with E-state index >= 15 is 0 Å². The van der Waals surface area contributed by atoms with E-state index in [2.05, 4.69) is 25.5 Å². The van der Waals surface area contributed by atoms with Gasteiger partial charge < -0.3 is 15.0 Å². The van der Waals surface area contributed by atoms with Crippen LogP contribution in [0.2, 0.25) is 0 Å². The molecule has 2 N–H and O–H groups in total. The SMILES string of the molecule is O=C(CC1CC1)N1CCC(Nc2ncc3c(C4CCOCC4)[nH]nc3n2)CC1. The first-order chi connectivity index (χ1) is 13.8. The molecule has 28 heavy (non-hydrogen) atoms. The van der Waals surface area contributed by atoms with E-state index in [9.17, 15) is 4.79 Å². The van der Waals surface area contributed by atoms with E-state index in [4.69, 9.17) is 4.74 Å². The highest BCUT2D eigenvalue weighted by atomic mass is 16.5. The van der Waals surface area contributed by atoms with Crippen LogP contribution in [0.25, 0.3) is 11.0 Å². The van der Waals surface area contributed by atoms with Crippen molar-refractivity contribution in [2.75, 3.05) is 31.6 Å². The summed E-state index contributed by atoms with van der Waals surface area (Å²) in [7, 11) is 0. The monoisotopic (exact) mass is 384 g/mol. The Bertz CT molecular complexity index is 834. The van der Waals surface area contributed by atoms with E-state index in [1.54, 1.807) is 0 Å². The van der Waals surface area contributed by atoms with E-state index in [-0.39, 0.29) is 0 Å². The number of hydrogen-bond acceptors (Lipinski definition) is 6. The maximum Gasteiger partial charge on any atom is 0.224 e. The fourth-order valence-corrected chi connectivity index (χ4v) is 4.34. The fraction of sp³-hybridized carbons (Fsp3) is 0.700. The number of rotatable bonds is 5. The summed E-state index contributed by atoms with van der Waals surface area (Å²) in [6.45, 7) is 3.24. The molecule has 1 amide bonds. The first-order valence-corrected chi connectivity index (χ1v) is 10.6. The van der Waals surface area contributed by atoms with Crippen LogP contribution in [0.15, 0.2) is 6.20 Å². The molecule has 2 aliphatic heterocycles. The molecule has 0 atom stereocenters. The molecular formula is C20H28N6O2. The molecule has 2 saturated heterocycles. The van der Waals surface area contributed by atoms with Gasteiger partial charge in [0, 0.05) is 56.6 Å². The highest BCUT2D eigenvalue weighted by Crippen LogP contribution is 2.33.